The number of hydrogen-bond donors (Lipinski definition) is 1. The van der Waals surface area contributed by atoms with Gasteiger partial charge in [-0.3, -0.25) is 10.1 Å². The average Bonchev–Trinajstić information content (AvgIpc) is 2.33. The summed E-state index contributed by atoms with van der Waals surface area (Å²) in [5.74, 6) is 0.299. The zero-order valence-corrected chi connectivity index (χ0v) is 11.7. The van der Waals surface area contributed by atoms with Crippen molar-refractivity contribution in [1.29, 1.82) is 0 Å². The van der Waals surface area contributed by atoms with Gasteiger partial charge in [0.1, 0.15) is 6.10 Å². The second kappa shape index (κ2) is 5.94. The summed E-state index contributed by atoms with van der Waals surface area (Å²) in [6.07, 6.45) is 3.57. The summed E-state index contributed by atoms with van der Waals surface area (Å²) in [6, 6.07) is 2.60. The van der Waals surface area contributed by atoms with Crippen molar-refractivity contribution < 1.29 is 9.66 Å². The number of halogens is 2. The van der Waals surface area contributed by atoms with E-state index in [4.69, 9.17) is 33.7 Å². The molecule has 0 saturated heterocycles. The van der Waals surface area contributed by atoms with Gasteiger partial charge in [-0.15, -0.1) is 0 Å². The molecule has 0 aliphatic heterocycles. The van der Waals surface area contributed by atoms with E-state index in [1.165, 1.54) is 12.1 Å². The smallest absolute Gasteiger partial charge is 0.272 e. The lowest BCUT2D eigenvalue weighted by Crippen LogP contribution is -2.33. The molecule has 0 radical (unpaired) electrons. The number of non-ortho nitro benzene ring substituents is 1. The van der Waals surface area contributed by atoms with Crippen molar-refractivity contribution in [2.75, 3.05) is 0 Å². The zero-order chi connectivity index (χ0) is 14.0. The SMILES string of the molecule is NC1CCCC(Oc2c(Cl)cc([N+](=O)[O-])cc2Cl)C1. The molecule has 2 unspecified atom stereocenters. The van der Waals surface area contributed by atoms with E-state index >= 15 is 0 Å². The minimum Gasteiger partial charge on any atom is -0.487 e. The highest BCUT2D eigenvalue weighted by atomic mass is 35.5. The second-order valence-electron chi connectivity index (χ2n) is 4.66. The van der Waals surface area contributed by atoms with E-state index in [0.717, 1.165) is 25.7 Å². The third-order valence-corrected chi connectivity index (χ3v) is 3.71. The number of rotatable bonds is 3. The van der Waals surface area contributed by atoms with Gasteiger partial charge in [0.2, 0.25) is 0 Å². The molecule has 0 aromatic heterocycles. The van der Waals surface area contributed by atoms with Crippen LogP contribution in [0.5, 0.6) is 5.75 Å². The van der Waals surface area contributed by atoms with Gasteiger partial charge in [0.05, 0.1) is 15.0 Å². The van der Waals surface area contributed by atoms with Crippen molar-refractivity contribution in [3.8, 4) is 5.75 Å². The molecule has 5 nitrogen and oxygen atoms in total. The maximum absolute atomic E-state index is 10.7. The second-order valence-corrected chi connectivity index (χ2v) is 5.48. The molecule has 0 heterocycles. The van der Waals surface area contributed by atoms with Gasteiger partial charge >= 0.3 is 0 Å². The summed E-state index contributed by atoms with van der Waals surface area (Å²) < 4.78 is 5.76. The molecular weight excluding hydrogens is 291 g/mol. The average molecular weight is 305 g/mol. The van der Waals surface area contributed by atoms with Crippen LogP contribution in [0.3, 0.4) is 0 Å². The Balaban J connectivity index is 2.18. The topological polar surface area (TPSA) is 78.4 Å². The van der Waals surface area contributed by atoms with E-state index in [0.29, 0.717) is 5.75 Å². The molecule has 1 aromatic rings. The summed E-state index contributed by atoms with van der Waals surface area (Å²) >= 11 is 12.0. The van der Waals surface area contributed by atoms with Crippen LogP contribution >= 0.6 is 23.2 Å². The van der Waals surface area contributed by atoms with Crippen LogP contribution in [0.2, 0.25) is 10.0 Å². The first-order valence-corrected chi connectivity index (χ1v) is 6.78. The van der Waals surface area contributed by atoms with Crippen LogP contribution in [0.25, 0.3) is 0 Å². The fourth-order valence-corrected chi connectivity index (χ4v) is 2.78. The third-order valence-electron chi connectivity index (χ3n) is 3.15. The molecule has 0 amide bonds. The number of nitrogens with two attached hydrogens (primary N) is 1. The van der Waals surface area contributed by atoms with Crippen LogP contribution in [-0.4, -0.2) is 17.1 Å². The van der Waals surface area contributed by atoms with Crippen molar-refractivity contribution in [2.45, 2.75) is 37.8 Å². The fraction of sp³-hybridized carbons (Fsp3) is 0.500. The Bertz CT molecular complexity index is 473. The van der Waals surface area contributed by atoms with E-state index in [1.54, 1.807) is 0 Å². The van der Waals surface area contributed by atoms with E-state index < -0.39 is 4.92 Å². The molecule has 7 heteroatoms. The summed E-state index contributed by atoms with van der Waals surface area (Å²) in [5, 5.41) is 11.0. The lowest BCUT2D eigenvalue weighted by molar-refractivity contribution is -0.384. The predicted octanol–water partition coefficient (Wildman–Crippen LogP) is 3.55. The Kier molecular flexibility index (Phi) is 4.50. The highest BCUT2D eigenvalue weighted by Crippen LogP contribution is 2.38. The molecule has 1 aliphatic rings. The lowest BCUT2D eigenvalue weighted by atomic mass is 9.93. The molecule has 0 spiro atoms. The molecule has 1 aliphatic carbocycles. The standard InChI is InChI=1S/C12H14Cl2N2O3/c13-10-5-8(16(17)18)6-11(14)12(10)19-9-3-1-2-7(15)4-9/h5-7,9H,1-4,15H2. The maximum Gasteiger partial charge on any atom is 0.272 e. The highest BCUT2D eigenvalue weighted by Gasteiger charge is 2.23. The van der Waals surface area contributed by atoms with Gasteiger partial charge in [0.15, 0.2) is 5.75 Å². The van der Waals surface area contributed by atoms with Crippen LogP contribution in [0.4, 0.5) is 5.69 Å². The molecule has 2 N–H and O–H groups in total. The highest BCUT2D eigenvalue weighted by molar-refractivity contribution is 6.37. The van der Waals surface area contributed by atoms with E-state index in [2.05, 4.69) is 0 Å². The molecule has 2 rings (SSSR count). The van der Waals surface area contributed by atoms with Crippen LogP contribution in [0.1, 0.15) is 25.7 Å². The van der Waals surface area contributed by atoms with Gasteiger partial charge in [-0.05, 0) is 25.7 Å². The number of benzene rings is 1. The molecule has 104 valence electrons. The Morgan fingerprint density at radius 3 is 2.47 bits per heavy atom. The quantitative estimate of drug-likeness (QED) is 0.684. The molecule has 1 aromatic carbocycles. The van der Waals surface area contributed by atoms with Crippen LogP contribution in [-0.2, 0) is 0 Å². The van der Waals surface area contributed by atoms with Crippen LogP contribution < -0.4 is 10.5 Å². The van der Waals surface area contributed by atoms with Gasteiger partial charge in [0, 0.05) is 18.2 Å². The fourth-order valence-electron chi connectivity index (χ4n) is 2.22. The Labute approximate surface area is 120 Å². The van der Waals surface area contributed by atoms with Crippen molar-refractivity contribution in [3.05, 3.63) is 32.3 Å². The van der Waals surface area contributed by atoms with E-state index in [-0.39, 0.29) is 27.9 Å². The van der Waals surface area contributed by atoms with Crippen LogP contribution in [0.15, 0.2) is 12.1 Å². The number of hydrogen-bond acceptors (Lipinski definition) is 4. The van der Waals surface area contributed by atoms with E-state index in [9.17, 15) is 10.1 Å². The first-order chi connectivity index (χ1) is 8.97. The summed E-state index contributed by atoms with van der Waals surface area (Å²) in [7, 11) is 0. The molecule has 1 saturated carbocycles. The zero-order valence-electron chi connectivity index (χ0n) is 10.1. The number of ether oxygens (including phenoxy) is 1. The number of nitro groups is 1. The predicted molar refractivity (Wildman–Crippen MR) is 74.0 cm³/mol. The summed E-state index contributed by atoms with van der Waals surface area (Å²) in [6.45, 7) is 0. The number of nitro benzene ring substituents is 1. The van der Waals surface area contributed by atoms with Crippen molar-refractivity contribution in [1.82, 2.24) is 0 Å². The van der Waals surface area contributed by atoms with Crippen molar-refractivity contribution >= 4 is 28.9 Å². The van der Waals surface area contributed by atoms with Crippen molar-refractivity contribution in [2.24, 2.45) is 5.73 Å². The summed E-state index contributed by atoms with van der Waals surface area (Å²) in [4.78, 5) is 10.1. The first-order valence-electron chi connectivity index (χ1n) is 6.03. The first kappa shape index (κ1) is 14.4. The molecular formula is C12H14Cl2N2O3. The minimum absolute atomic E-state index is 0.0415. The Morgan fingerprint density at radius 1 is 1.32 bits per heavy atom. The van der Waals surface area contributed by atoms with E-state index in [1.807, 2.05) is 0 Å². The largest absolute Gasteiger partial charge is 0.487 e. The third kappa shape index (κ3) is 3.49. The lowest BCUT2D eigenvalue weighted by Gasteiger charge is -2.27. The molecule has 0 bridgehead atoms. The van der Waals surface area contributed by atoms with Gasteiger partial charge in [-0.2, -0.15) is 0 Å². The normalized spacial score (nSPS) is 23.1. The van der Waals surface area contributed by atoms with Gasteiger partial charge < -0.3 is 10.5 Å². The molecule has 2 atom stereocenters. The minimum atomic E-state index is -0.544. The molecule has 19 heavy (non-hydrogen) atoms. The van der Waals surface area contributed by atoms with Gasteiger partial charge in [0.25, 0.3) is 5.69 Å². The Morgan fingerprint density at radius 2 is 1.95 bits per heavy atom. The number of nitrogens with zero attached hydrogens (tertiary/aromatic N) is 1. The molecule has 1 fully saturated rings. The summed E-state index contributed by atoms with van der Waals surface area (Å²) in [5.41, 5.74) is 5.73. The van der Waals surface area contributed by atoms with Gasteiger partial charge in [-0.25, -0.2) is 0 Å². The monoisotopic (exact) mass is 304 g/mol. The van der Waals surface area contributed by atoms with Gasteiger partial charge in [-0.1, -0.05) is 23.2 Å². The maximum atomic E-state index is 10.7. The van der Waals surface area contributed by atoms with Crippen LogP contribution in [0, 0.1) is 10.1 Å². The Hall–Kier alpha value is -1.04. The van der Waals surface area contributed by atoms with Crippen molar-refractivity contribution in [3.63, 3.8) is 0 Å².